The highest BCUT2D eigenvalue weighted by Gasteiger charge is 2.34. The molecule has 0 radical (unpaired) electrons. The average molecular weight is 447 g/mol. The second-order valence-electron chi connectivity index (χ2n) is 8.19. The van der Waals surface area contributed by atoms with E-state index in [1.807, 2.05) is 13.8 Å². The van der Waals surface area contributed by atoms with Crippen LogP contribution in [0.4, 0.5) is 10.1 Å². The third-order valence-corrected chi connectivity index (χ3v) is 6.39. The fourth-order valence-electron chi connectivity index (χ4n) is 3.73. The van der Waals surface area contributed by atoms with Gasteiger partial charge in [-0.25, -0.2) is 12.8 Å². The van der Waals surface area contributed by atoms with E-state index in [9.17, 15) is 17.6 Å². The number of amides is 1. The Hall–Kier alpha value is -2.91. The number of carbonyl (C=O) groups is 1. The molecular formula is C22H23FN2O5S. The number of benzene rings is 2. The minimum atomic E-state index is -3.59. The van der Waals surface area contributed by atoms with Gasteiger partial charge in [-0.3, -0.25) is 9.10 Å². The summed E-state index contributed by atoms with van der Waals surface area (Å²) in [5.41, 5.74) is 1.55. The second-order valence-corrected chi connectivity index (χ2v) is 10.1. The summed E-state index contributed by atoms with van der Waals surface area (Å²) in [6.07, 6.45) is 1.14. The smallest absolute Gasteiger partial charge is 0.255 e. The van der Waals surface area contributed by atoms with E-state index in [1.54, 1.807) is 12.1 Å². The predicted molar refractivity (Wildman–Crippen MR) is 116 cm³/mol. The highest BCUT2D eigenvalue weighted by molar-refractivity contribution is 7.92. The average Bonchev–Trinajstić information content (AvgIpc) is 3.00. The lowest BCUT2D eigenvalue weighted by atomic mass is 10.0. The monoisotopic (exact) mass is 446 g/mol. The second kappa shape index (κ2) is 7.35. The Kier molecular flexibility index (Phi) is 5.06. The molecule has 0 aliphatic carbocycles. The van der Waals surface area contributed by atoms with Crippen molar-refractivity contribution in [3.63, 3.8) is 0 Å². The molecule has 4 rings (SSSR count). The first-order chi connectivity index (χ1) is 14.5. The van der Waals surface area contributed by atoms with Gasteiger partial charge in [-0.15, -0.1) is 0 Å². The first kappa shape index (κ1) is 21.3. The number of fused-ring (bicyclic) bond motifs is 2. The van der Waals surface area contributed by atoms with Gasteiger partial charge in [0.05, 0.1) is 36.3 Å². The molecule has 7 nitrogen and oxygen atoms in total. The summed E-state index contributed by atoms with van der Waals surface area (Å²) in [4.78, 5) is 12.7. The summed E-state index contributed by atoms with van der Waals surface area (Å²) in [6, 6.07) is 8.97. The van der Waals surface area contributed by atoms with Gasteiger partial charge in [0.2, 0.25) is 10.0 Å². The van der Waals surface area contributed by atoms with E-state index < -0.39 is 21.4 Å². The Labute approximate surface area is 179 Å². The Balaban J connectivity index is 1.99. The number of ether oxygens (including phenoxy) is 1. The molecule has 164 valence electrons. The molecule has 1 aliphatic heterocycles. The highest BCUT2D eigenvalue weighted by Crippen LogP contribution is 2.40. The van der Waals surface area contributed by atoms with Crippen molar-refractivity contribution >= 4 is 32.6 Å². The lowest BCUT2D eigenvalue weighted by molar-refractivity contribution is -0.0173. The van der Waals surface area contributed by atoms with Crippen LogP contribution in [0.2, 0.25) is 0 Å². The fourth-order valence-corrected chi connectivity index (χ4v) is 4.80. The Morgan fingerprint density at radius 1 is 1.19 bits per heavy atom. The first-order valence-electron chi connectivity index (χ1n) is 9.69. The Morgan fingerprint density at radius 2 is 1.87 bits per heavy atom. The fraction of sp³-hybridized carbons (Fsp3) is 0.318. The number of furan rings is 1. The first-order valence-corrected chi connectivity index (χ1v) is 11.5. The van der Waals surface area contributed by atoms with Crippen LogP contribution in [0, 0.1) is 5.82 Å². The largest absolute Gasteiger partial charge is 0.455 e. The van der Waals surface area contributed by atoms with Crippen molar-refractivity contribution in [1.29, 1.82) is 0 Å². The topological polar surface area (TPSA) is 88.8 Å². The molecule has 2 aromatic carbocycles. The van der Waals surface area contributed by atoms with E-state index in [-0.39, 0.29) is 24.8 Å². The van der Waals surface area contributed by atoms with Crippen molar-refractivity contribution in [3.8, 4) is 11.3 Å². The molecule has 0 saturated carbocycles. The summed E-state index contributed by atoms with van der Waals surface area (Å²) >= 11 is 0. The predicted octanol–water partition coefficient (Wildman–Crippen LogP) is 3.67. The van der Waals surface area contributed by atoms with Crippen LogP contribution in [0.15, 0.2) is 40.8 Å². The molecule has 2 heterocycles. The zero-order valence-electron chi connectivity index (χ0n) is 17.7. The van der Waals surface area contributed by atoms with Gasteiger partial charge in [-0.2, -0.15) is 0 Å². The van der Waals surface area contributed by atoms with Crippen LogP contribution in [0.5, 0.6) is 0 Å². The molecule has 0 unspecified atom stereocenters. The molecule has 1 aromatic heterocycles. The molecule has 9 heteroatoms. The normalized spacial score (nSPS) is 16.1. The van der Waals surface area contributed by atoms with Crippen LogP contribution in [0.3, 0.4) is 0 Å². The summed E-state index contributed by atoms with van der Waals surface area (Å²) in [6.45, 7) is 3.96. The third-order valence-electron chi connectivity index (χ3n) is 5.26. The Bertz CT molecular complexity index is 1280. The number of nitrogens with zero attached hydrogens (tertiary/aromatic N) is 1. The van der Waals surface area contributed by atoms with E-state index >= 15 is 0 Å². The molecule has 1 amide bonds. The molecule has 0 fully saturated rings. The zero-order chi connectivity index (χ0) is 22.6. The van der Waals surface area contributed by atoms with Crippen molar-refractivity contribution in [2.24, 2.45) is 0 Å². The maximum absolute atomic E-state index is 13.4. The minimum absolute atomic E-state index is 0.137. The van der Waals surface area contributed by atoms with Crippen molar-refractivity contribution in [2.45, 2.75) is 26.1 Å². The standard InChI is InChI=1S/C22H23FN2O5S/c1-22(2)12-25(31(4,27)28)17-10-18-16(9-14(17)11-29-22)19(21(26)24-3)20(30-18)13-5-7-15(23)8-6-13/h5-10H,11-12H2,1-4H3,(H,24,26). The van der Waals surface area contributed by atoms with Gasteiger partial charge in [0.25, 0.3) is 5.91 Å². The zero-order valence-corrected chi connectivity index (χ0v) is 18.5. The van der Waals surface area contributed by atoms with E-state index in [2.05, 4.69) is 5.32 Å². The van der Waals surface area contributed by atoms with Crippen molar-refractivity contribution < 1.29 is 26.8 Å². The SMILES string of the molecule is CNC(=O)c1c(-c2ccc(F)cc2)oc2cc3c(cc12)COC(C)(C)CN3S(C)(=O)=O. The van der Waals surface area contributed by atoms with Crippen LogP contribution >= 0.6 is 0 Å². The number of sulfonamides is 1. The van der Waals surface area contributed by atoms with Crippen molar-refractivity contribution in [1.82, 2.24) is 5.32 Å². The highest BCUT2D eigenvalue weighted by atomic mass is 32.2. The summed E-state index contributed by atoms with van der Waals surface area (Å²) in [7, 11) is -2.08. The number of halogens is 1. The molecule has 1 aliphatic rings. The number of carbonyl (C=O) groups excluding carboxylic acids is 1. The van der Waals surface area contributed by atoms with Crippen molar-refractivity contribution in [3.05, 3.63) is 53.3 Å². The van der Waals surface area contributed by atoms with Gasteiger partial charge >= 0.3 is 0 Å². The maximum atomic E-state index is 13.4. The van der Waals surface area contributed by atoms with Crippen LogP contribution in [0.1, 0.15) is 29.8 Å². The number of hydrogen-bond donors (Lipinski definition) is 1. The summed E-state index contributed by atoms with van der Waals surface area (Å²) < 4.78 is 51.8. The molecule has 1 N–H and O–H groups in total. The summed E-state index contributed by atoms with van der Waals surface area (Å²) in [5, 5.41) is 3.13. The quantitative estimate of drug-likeness (QED) is 0.663. The van der Waals surface area contributed by atoms with E-state index in [0.717, 1.165) is 6.26 Å². The van der Waals surface area contributed by atoms with E-state index in [0.29, 0.717) is 33.3 Å². The van der Waals surface area contributed by atoms with Gasteiger partial charge in [-0.1, -0.05) is 0 Å². The lowest BCUT2D eigenvalue weighted by Crippen LogP contribution is -2.41. The maximum Gasteiger partial charge on any atom is 0.255 e. The van der Waals surface area contributed by atoms with Crippen molar-refractivity contribution in [2.75, 3.05) is 24.2 Å². The van der Waals surface area contributed by atoms with E-state index in [1.165, 1.54) is 35.6 Å². The van der Waals surface area contributed by atoms with Crippen LogP contribution in [-0.4, -0.2) is 39.8 Å². The lowest BCUT2D eigenvalue weighted by Gasteiger charge is -2.29. The molecule has 0 bridgehead atoms. The molecular weight excluding hydrogens is 423 g/mol. The van der Waals surface area contributed by atoms with Crippen LogP contribution in [0.25, 0.3) is 22.3 Å². The summed E-state index contributed by atoms with van der Waals surface area (Å²) in [5.74, 6) is -0.494. The number of hydrogen-bond acceptors (Lipinski definition) is 5. The minimum Gasteiger partial charge on any atom is -0.455 e. The van der Waals surface area contributed by atoms with Gasteiger partial charge in [-0.05, 0) is 44.2 Å². The molecule has 0 saturated heterocycles. The van der Waals surface area contributed by atoms with Gasteiger partial charge in [0.15, 0.2) is 0 Å². The number of nitrogens with one attached hydrogen (secondary N) is 1. The van der Waals surface area contributed by atoms with Gasteiger partial charge in [0, 0.05) is 29.6 Å². The molecule has 0 spiro atoms. The molecule has 3 aromatic rings. The van der Waals surface area contributed by atoms with Gasteiger partial charge in [0.1, 0.15) is 17.2 Å². The molecule has 0 atom stereocenters. The van der Waals surface area contributed by atoms with Crippen LogP contribution in [-0.2, 0) is 21.4 Å². The number of rotatable bonds is 3. The third kappa shape index (κ3) is 3.90. The molecule has 31 heavy (non-hydrogen) atoms. The Morgan fingerprint density at radius 3 is 2.48 bits per heavy atom. The van der Waals surface area contributed by atoms with Crippen LogP contribution < -0.4 is 9.62 Å². The number of anilines is 1. The van der Waals surface area contributed by atoms with E-state index in [4.69, 9.17) is 9.15 Å². The van der Waals surface area contributed by atoms with Gasteiger partial charge < -0.3 is 14.5 Å².